The Morgan fingerprint density at radius 1 is 1.14 bits per heavy atom. The Morgan fingerprint density at radius 2 is 1.86 bits per heavy atom. The zero-order valence-corrected chi connectivity index (χ0v) is 20.3. The molecule has 2 aromatic rings. The van der Waals surface area contributed by atoms with Gasteiger partial charge in [-0.2, -0.15) is 0 Å². The fourth-order valence-electron chi connectivity index (χ4n) is 6.13. The van der Waals surface area contributed by atoms with E-state index in [1.54, 1.807) is 6.20 Å². The molecule has 1 aromatic heterocycles. The molecule has 10 nitrogen and oxygen atoms in total. The third-order valence-electron chi connectivity index (χ3n) is 8.39. The van der Waals surface area contributed by atoms with Crippen LogP contribution in [0.3, 0.4) is 0 Å². The first-order chi connectivity index (χ1) is 16.8. The third kappa shape index (κ3) is 4.40. The molecule has 0 radical (unpaired) electrons. The van der Waals surface area contributed by atoms with Crippen molar-refractivity contribution in [1.29, 1.82) is 0 Å². The van der Waals surface area contributed by atoms with Crippen molar-refractivity contribution < 1.29 is 14.7 Å². The van der Waals surface area contributed by atoms with Crippen molar-refractivity contribution in [2.45, 2.75) is 74.7 Å². The number of aliphatic hydroxyl groups is 1. The highest BCUT2D eigenvalue weighted by Crippen LogP contribution is 2.48. The number of nitrogens with one attached hydrogen (secondary N) is 1. The van der Waals surface area contributed by atoms with E-state index in [2.05, 4.69) is 39.9 Å². The van der Waals surface area contributed by atoms with Gasteiger partial charge in [0.05, 0.1) is 30.4 Å². The van der Waals surface area contributed by atoms with E-state index < -0.39 is 11.5 Å². The predicted octanol–water partition coefficient (Wildman–Crippen LogP) is 1.34. The summed E-state index contributed by atoms with van der Waals surface area (Å²) in [5.41, 5.74) is 5.89. The minimum Gasteiger partial charge on any atom is -0.388 e. The first-order valence-corrected chi connectivity index (χ1v) is 12.5. The number of aromatic nitrogens is 3. The van der Waals surface area contributed by atoms with Crippen LogP contribution in [0.15, 0.2) is 36.5 Å². The average Bonchev–Trinajstić information content (AvgIpc) is 3.37. The van der Waals surface area contributed by atoms with Gasteiger partial charge in [-0.3, -0.25) is 4.79 Å². The van der Waals surface area contributed by atoms with Gasteiger partial charge < -0.3 is 26.0 Å². The standard InChI is InChI=1S/C25H35N7O3/c1-27-25(19-6-3-2-4-7-19)12-10-23(11-13-25)17-30(14-20-15-31(29-28-20)16-21(26)33)22(34)32(23)18-24(35)8-5-9-24/h2-4,6-7,15,27,35H,5,8-14,16-18H2,1H3,(H2,26,33)/t23-,25-. The summed E-state index contributed by atoms with van der Waals surface area (Å²) in [4.78, 5) is 28.6. The quantitative estimate of drug-likeness (QED) is 0.522. The molecule has 3 fully saturated rings. The Labute approximate surface area is 205 Å². The number of β-amino-alcohol motifs (C(OH)–C–C–N with tert-alkyl or cyclic N) is 1. The van der Waals surface area contributed by atoms with Crippen molar-refractivity contribution >= 4 is 11.9 Å². The summed E-state index contributed by atoms with van der Waals surface area (Å²) in [7, 11) is 2.02. The number of hydrogen-bond acceptors (Lipinski definition) is 6. The SMILES string of the molecule is CN[C@]1(c2ccccc2)CC[C@@]2(CC1)CN(Cc1cn(CC(N)=O)nn1)C(=O)N2CC1(O)CCC1. The summed E-state index contributed by atoms with van der Waals surface area (Å²) < 4.78 is 1.39. The molecule has 35 heavy (non-hydrogen) atoms. The number of nitrogens with zero attached hydrogens (tertiary/aromatic N) is 5. The summed E-state index contributed by atoms with van der Waals surface area (Å²) in [5, 5.41) is 22.7. The van der Waals surface area contributed by atoms with Crippen LogP contribution in [0.1, 0.15) is 56.2 Å². The number of carbonyl (C=O) groups excluding carboxylic acids is 2. The maximum absolute atomic E-state index is 13.7. The molecule has 1 spiro atoms. The number of carbonyl (C=O) groups is 2. The number of nitrogens with two attached hydrogens (primary N) is 1. The van der Waals surface area contributed by atoms with Crippen LogP contribution in [0.4, 0.5) is 4.79 Å². The number of benzene rings is 1. The number of primary amides is 1. The zero-order chi connectivity index (χ0) is 24.7. The lowest BCUT2D eigenvalue weighted by molar-refractivity contribution is -0.118. The van der Waals surface area contributed by atoms with Crippen LogP contribution in [0.5, 0.6) is 0 Å². The van der Waals surface area contributed by atoms with Gasteiger partial charge in [-0.15, -0.1) is 5.10 Å². The molecule has 1 saturated heterocycles. The van der Waals surface area contributed by atoms with Gasteiger partial charge in [0.2, 0.25) is 5.91 Å². The fourth-order valence-corrected chi connectivity index (χ4v) is 6.13. The molecule has 0 atom stereocenters. The summed E-state index contributed by atoms with van der Waals surface area (Å²) in [6.07, 6.45) is 7.61. The summed E-state index contributed by atoms with van der Waals surface area (Å²) in [5.74, 6) is -0.494. The molecule has 2 saturated carbocycles. The number of urea groups is 1. The maximum atomic E-state index is 13.7. The second-order valence-corrected chi connectivity index (χ2v) is 10.6. The summed E-state index contributed by atoms with van der Waals surface area (Å²) >= 11 is 0. The minimum absolute atomic E-state index is 0.0460. The van der Waals surface area contributed by atoms with E-state index in [4.69, 9.17) is 5.73 Å². The smallest absolute Gasteiger partial charge is 0.321 e. The van der Waals surface area contributed by atoms with Gasteiger partial charge in [0.25, 0.3) is 0 Å². The van der Waals surface area contributed by atoms with Crippen molar-refractivity contribution in [3.63, 3.8) is 0 Å². The van der Waals surface area contributed by atoms with Gasteiger partial charge in [0.1, 0.15) is 12.2 Å². The number of rotatable bonds is 8. The highest BCUT2D eigenvalue weighted by molar-refractivity contribution is 5.78. The van der Waals surface area contributed by atoms with Crippen molar-refractivity contribution in [2.24, 2.45) is 5.73 Å². The molecule has 4 N–H and O–H groups in total. The van der Waals surface area contributed by atoms with Crippen LogP contribution in [0.25, 0.3) is 0 Å². The van der Waals surface area contributed by atoms with E-state index in [0.29, 0.717) is 25.3 Å². The Hall–Kier alpha value is -2.98. The Kier molecular flexibility index (Phi) is 6.04. The largest absolute Gasteiger partial charge is 0.388 e. The molecule has 2 aliphatic carbocycles. The molecule has 1 aromatic carbocycles. The van der Waals surface area contributed by atoms with Gasteiger partial charge in [-0.05, 0) is 57.6 Å². The van der Waals surface area contributed by atoms with Crippen LogP contribution in [-0.2, 0) is 23.4 Å². The number of amides is 3. The lowest BCUT2D eigenvalue weighted by Crippen LogP contribution is -2.59. The average molecular weight is 482 g/mol. The minimum atomic E-state index is -0.791. The van der Waals surface area contributed by atoms with Crippen LogP contribution >= 0.6 is 0 Å². The lowest BCUT2D eigenvalue weighted by Gasteiger charge is -2.50. The topological polar surface area (TPSA) is 130 Å². The molecule has 10 heteroatoms. The van der Waals surface area contributed by atoms with Crippen LogP contribution in [0.2, 0.25) is 0 Å². The Morgan fingerprint density at radius 3 is 2.46 bits per heavy atom. The van der Waals surface area contributed by atoms with Crippen LogP contribution in [-0.4, -0.2) is 73.1 Å². The van der Waals surface area contributed by atoms with Gasteiger partial charge >= 0.3 is 6.03 Å². The van der Waals surface area contributed by atoms with E-state index in [-0.39, 0.29) is 23.7 Å². The first kappa shape index (κ1) is 23.7. The molecular formula is C25H35N7O3. The van der Waals surface area contributed by atoms with E-state index in [1.165, 1.54) is 10.2 Å². The normalized spacial score (nSPS) is 27.9. The third-order valence-corrected chi connectivity index (χ3v) is 8.39. The Bertz CT molecular complexity index is 1070. The monoisotopic (exact) mass is 481 g/mol. The van der Waals surface area contributed by atoms with Crippen molar-refractivity contribution in [3.05, 3.63) is 47.8 Å². The summed E-state index contributed by atoms with van der Waals surface area (Å²) in [6.45, 7) is 1.22. The molecule has 0 unspecified atom stereocenters. The predicted molar refractivity (Wildman–Crippen MR) is 129 cm³/mol. The first-order valence-electron chi connectivity index (χ1n) is 12.5. The zero-order valence-electron chi connectivity index (χ0n) is 20.3. The fraction of sp³-hybridized carbons (Fsp3) is 0.600. The van der Waals surface area contributed by atoms with Gasteiger partial charge in [-0.1, -0.05) is 35.5 Å². The molecule has 0 bridgehead atoms. The summed E-state index contributed by atoms with van der Waals surface area (Å²) in [6, 6.07) is 10.5. The lowest BCUT2D eigenvalue weighted by atomic mass is 9.68. The molecule has 5 rings (SSSR count). The van der Waals surface area contributed by atoms with E-state index >= 15 is 0 Å². The highest BCUT2D eigenvalue weighted by Gasteiger charge is 2.55. The van der Waals surface area contributed by atoms with Gasteiger partial charge in [0.15, 0.2) is 0 Å². The van der Waals surface area contributed by atoms with E-state index in [9.17, 15) is 14.7 Å². The molecule has 3 aliphatic rings. The highest BCUT2D eigenvalue weighted by atomic mass is 16.3. The molecule has 188 valence electrons. The molecule has 2 heterocycles. The molecule has 3 amide bonds. The van der Waals surface area contributed by atoms with E-state index in [1.807, 2.05) is 22.9 Å². The molecule has 1 aliphatic heterocycles. The van der Waals surface area contributed by atoms with Crippen LogP contribution < -0.4 is 11.1 Å². The molecular weight excluding hydrogens is 446 g/mol. The van der Waals surface area contributed by atoms with Gasteiger partial charge in [-0.25, -0.2) is 9.48 Å². The van der Waals surface area contributed by atoms with E-state index in [0.717, 1.165) is 44.9 Å². The maximum Gasteiger partial charge on any atom is 0.321 e. The van der Waals surface area contributed by atoms with Crippen molar-refractivity contribution in [3.8, 4) is 0 Å². The van der Waals surface area contributed by atoms with Crippen molar-refractivity contribution in [1.82, 2.24) is 30.1 Å². The van der Waals surface area contributed by atoms with Gasteiger partial charge in [0, 0.05) is 12.1 Å². The Balaban J connectivity index is 1.37. The number of hydrogen-bond donors (Lipinski definition) is 3. The van der Waals surface area contributed by atoms with Crippen molar-refractivity contribution in [2.75, 3.05) is 20.1 Å². The van der Waals surface area contributed by atoms with Crippen LogP contribution in [0, 0.1) is 0 Å². The second-order valence-electron chi connectivity index (χ2n) is 10.6. The second kappa shape index (κ2) is 8.91.